The van der Waals surface area contributed by atoms with Crippen LogP contribution in [0.4, 0.5) is 0 Å². The molecule has 0 fully saturated rings. The van der Waals surface area contributed by atoms with Crippen LogP contribution in [0.15, 0.2) is 42.5 Å². The summed E-state index contributed by atoms with van der Waals surface area (Å²) in [7, 11) is 0. The van der Waals surface area contributed by atoms with Crippen molar-refractivity contribution in [3.63, 3.8) is 0 Å². The maximum atomic E-state index is 11.5. The van der Waals surface area contributed by atoms with E-state index in [0.717, 1.165) is 5.56 Å². The van der Waals surface area contributed by atoms with Crippen LogP contribution in [0.1, 0.15) is 12.5 Å². The molecule has 0 amide bonds. The van der Waals surface area contributed by atoms with Crippen molar-refractivity contribution < 1.29 is 19.1 Å². The van der Waals surface area contributed by atoms with E-state index < -0.39 is 18.2 Å². The Balaban J connectivity index is 1.94. The predicted octanol–water partition coefficient (Wildman–Crippen LogP) is 1.64. The summed E-state index contributed by atoms with van der Waals surface area (Å²) in [4.78, 5) is 22.4. The summed E-state index contributed by atoms with van der Waals surface area (Å²) in [5.41, 5.74) is 1.01. The molecule has 0 unspecified atom stereocenters. The second kappa shape index (κ2) is 5.60. The molecule has 0 spiro atoms. The lowest BCUT2D eigenvalue weighted by atomic mass is 10.2. The van der Waals surface area contributed by atoms with Crippen molar-refractivity contribution in [2.75, 3.05) is 0 Å². The van der Waals surface area contributed by atoms with Gasteiger partial charge in [-0.15, -0.1) is 0 Å². The van der Waals surface area contributed by atoms with Crippen LogP contribution < -0.4 is 0 Å². The van der Waals surface area contributed by atoms with E-state index in [4.69, 9.17) is 9.47 Å². The number of carbonyl (C=O) groups is 2. The minimum atomic E-state index is -0.841. The lowest BCUT2D eigenvalue weighted by Gasteiger charge is -2.18. The van der Waals surface area contributed by atoms with Crippen LogP contribution in [0.5, 0.6) is 0 Å². The molecule has 0 saturated heterocycles. The first-order valence-electron chi connectivity index (χ1n) is 5.71. The number of ketones is 1. The minimum absolute atomic E-state index is 0.233. The normalized spacial score (nSPS) is 22.2. The van der Waals surface area contributed by atoms with Crippen molar-refractivity contribution in [1.29, 1.82) is 0 Å². The average molecular weight is 246 g/mol. The maximum Gasteiger partial charge on any atom is 0.303 e. The van der Waals surface area contributed by atoms with Crippen molar-refractivity contribution >= 4 is 11.8 Å². The van der Waals surface area contributed by atoms with E-state index in [9.17, 15) is 9.59 Å². The minimum Gasteiger partial charge on any atom is -0.451 e. The summed E-state index contributed by atoms with van der Waals surface area (Å²) in [6.07, 6.45) is 1.68. The highest BCUT2D eigenvalue weighted by Crippen LogP contribution is 2.17. The van der Waals surface area contributed by atoms with Crippen LogP contribution in [0.3, 0.4) is 0 Å². The second-order valence-electron chi connectivity index (χ2n) is 4.05. The summed E-state index contributed by atoms with van der Waals surface area (Å²) in [6.45, 7) is 1.65. The molecule has 0 aliphatic heterocycles. The lowest BCUT2D eigenvalue weighted by Crippen LogP contribution is -2.33. The van der Waals surface area contributed by atoms with Gasteiger partial charge in [-0.25, -0.2) is 0 Å². The van der Waals surface area contributed by atoms with Gasteiger partial charge in [0.25, 0.3) is 0 Å². The number of hydrogen-bond acceptors (Lipinski definition) is 4. The second-order valence-corrected chi connectivity index (χ2v) is 4.05. The zero-order valence-corrected chi connectivity index (χ0v) is 10.0. The van der Waals surface area contributed by atoms with Crippen LogP contribution >= 0.6 is 0 Å². The van der Waals surface area contributed by atoms with Crippen LogP contribution in [-0.2, 0) is 25.7 Å². The standard InChI is InChI=1S/C14H14O4/c1-10(15)18-14-12(16)7-8-13(14)17-9-11-5-3-2-4-6-11/h2-8,13-14H,9H2,1H3/t13-,14-/m1/s1. The molecule has 1 aliphatic carbocycles. The van der Waals surface area contributed by atoms with Gasteiger partial charge in [0.05, 0.1) is 6.61 Å². The fraction of sp³-hybridized carbons (Fsp3) is 0.286. The molecule has 4 heteroatoms. The Hall–Kier alpha value is -1.94. The molecule has 1 aromatic carbocycles. The van der Waals surface area contributed by atoms with Crippen molar-refractivity contribution in [1.82, 2.24) is 0 Å². The fourth-order valence-electron chi connectivity index (χ4n) is 1.76. The van der Waals surface area contributed by atoms with E-state index >= 15 is 0 Å². The van der Waals surface area contributed by atoms with Gasteiger partial charge in [0, 0.05) is 6.92 Å². The molecule has 0 saturated carbocycles. The van der Waals surface area contributed by atoms with Crippen LogP contribution in [-0.4, -0.2) is 24.0 Å². The van der Waals surface area contributed by atoms with E-state index in [0.29, 0.717) is 6.61 Å². The van der Waals surface area contributed by atoms with Crippen molar-refractivity contribution in [3.8, 4) is 0 Å². The molecule has 4 nitrogen and oxygen atoms in total. The van der Waals surface area contributed by atoms with Gasteiger partial charge < -0.3 is 9.47 Å². The number of esters is 1. The van der Waals surface area contributed by atoms with E-state index in [2.05, 4.69) is 0 Å². The van der Waals surface area contributed by atoms with Crippen molar-refractivity contribution in [3.05, 3.63) is 48.0 Å². The fourth-order valence-corrected chi connectivity index (χ4v) is 1.76. The van der Waals surface area contributed by atoms with Crippen LogP contribution in [0.25, 0.3) is 0 Å². The van der Waals surface area contributed by atoms with Gasteiger partial charge in [0.15, 0.2) is 11.9 Å². The Bertz CT molecular complexity index is 464. The predicted molar refractivity (Wildman–Crippen MR) is 64.7 cm³/mol. The molecule has 2 atom stereocenters. The van der Waals surface area contributed by atoms with Gasteiger partial charge in [0.2, 0.25) is 0 Å². The Kier molecular flexibility index (Phi) is 3.89. The molecule has 0 bridgehead atoms. The Labute approximate surface area is 105 Å². The van der Waals surface area contributed by atoms with Gasteiger partial charge in [0.1, 0.15) is 6.10 Å². The van der Waals surface area contributed by atoms with E-state index in [1.807, 2.05) is 30.3 Å². The van der Waals surface area contributed by atoms with E-state index in [1.165, 1.54) is 13.0 Å². The monoisotopic (exact) mass is 246 g/mol. The molecule has 0 N–H and O–H groups in total. The molecule has 2 rings (SSSR count). The van der Waals surface area contributed by atoms with E-state index in [-0.39, 0.29) is 5.78 Å². The number of benzene rings is 1. The number of carbonyl (C=O) groups excluding carboxylic acids is 2. The summed E-state index contributed by atoms with van der Waals surface area (Å²) in [5.74, 6) is -0.714. The lowest BCUT2D eigenvalue weighted by molar-refractivity contribution is -0.157. The first-order valence-corrected chi connectivity index (χ1v) is 5.71. The van der Waals surface area contributed by atoms with Gasteiger partial charge in [-0.3, -0.25) is 9.59 Å². The Morgan fingerprint density at radius 1 is 1.28 bits per heavy atom. The molecular weight excluding hydrogens is 232 g/mol. The summed E-state index contributed by atoms with van der Waals surface area (Å²) >= 11 is 0. The molecule has 0 aromatic heterocycles. The van der Waals surface area contributed by atoms with E-state index in [1.54, 1.807) is 6.08 Å². The molecule has 18 heavy (non-hydrogen) atoms. The van der Waals surface area contributed by atoms with Crippen LogP contribution in [0, 0.1) is 0 Å². The first kappa shape index (κ1) is 12.5. The molecule has 94 valence electrons. The quantitative estimate of drug-likeness (QED) is 0.758. The third kappa shape index (κ3) is 3.05. The zero-order valence-electron chi connectivity index (χ0n) is 10.0. The first-order chi connectivity index (χ1) is 8.66. The van der Waals surface area contributed by atoms with Gasteiger partial charge in [-0.2, -0.15) is 0 Å². The molecule has 1 aliphatic rings. The molecular formula is C14H14O4. The van der Waals surface area contributed by atoms with Gasteiger partial charge in [-0.05, 0) is 17.7 Å². The molecule has 1 aromatic rings. The maximum absolute atomic E-state index is 11.5. The zero-order chi connectivity index (χ0) is 13.0. The Morgan fingerprint density at radius 3 is 2.67 bits per heavy atom. The largest absolute Gasteiger partial charge is 0.451 e. The third-order valence-electron chi connectivity index (χ3n) is 2.61. The number of ether oxygens (including phenoxy) is 2. The molecule has 0 radical (unpaired) electrons. The highest BCUT2D eigenvalue weighted by molar-refractivity contribution is 5.98. The SMILES string of the molecule is CC(=O)O[C@@H]1C(=O)C=C[C@H]1OCc1ccccc1. The smallest absolute Gasteiger partial charge is 0.303 e. The van der Waals surface area contributed by atoms with Crippen molar-refractivity contribution in [2.24, 2.45) is 0 Å². The number of rotatable bonds is 4. The van der Waals surface area contributed by atoms with Crippen molar-refractivity contribution in [2.45, 2.75) is 25.7 Å². The van der Waals surface area contributed by atoms with Crippen LogP contribution in [0.2, 0.25) is 0 Å². The van der Waals surface area contributed by atoms with Gasteiger partial charge >= 0.3 is 5.97 Å². The van der Waals surface area contributed by atoms with Gasteiger partial charge in [-0.1, -0.05) is 30.3 Å². The average Bonchev–Trinajstić information content (AvgIpc) is 2.69. The Morgan fingerprint density at radius 2 is 2.00 bits per heavy atom. The topological polar surface area (TPSA) is 52.6 Å². The summed E-state index contributed by atoms with van der Waals surface area (Å²) in [5, 5.41) is 0. The summed E-state index contributed by atoms with van der Waals surface area (Å²) < 4.78 is 10.5. The molecule has 0 heterocycles. The highest BCUT2D eigenvalue weighted by atomic mass is 16.6. The highest BCUT2D eigenvalue weighted by Gasteiger charge is 2.33. The summed E-state index contributed by atoms with van der Waals surface area (Å²) in [6, 6.07) is 9.61. The number of hydrogen-bond donors (Lipinski definition) is 0. The third-order valence-corrected chi connectivity index (χ3v) is 2.61.